The fourth-order valence-electron chi connectivity index (χ4n) is 1.48. The van der Waals surface area contributed by atoms with Gasteiger partial charge in [0, 0.05) is 16.2 Å². The molecule has 1 aromatic heterocycles. The number of carbonyl (C=O) groups is 1. The van der Waals surface area contributed by atoms with Crippen molar-refractivity contribution in [3.05, 3.63) is 56.0 Å². The third kappa shape index (κ3) is 4.21. The normalized spacial score (nSPS) is 10.9. The minimum Gasteiger partial charge on any atom is -0.451 e. The van der Waals surface area contributed by atoms with E-state index in [9.17, 15) is 4.79 Å². The summed E-state index contributed by atoms with van der Waals surface area (Å²) in [7, 11) is 0. The van der Waals surface area contributed by atoms with E-state index in [0.717, 1.165) is 19.5 Å². The molecular weight excluding hydrogens is 421 g/mol. The summed E-state index contributed by atoms with van der Waals surface area (Å²) in [5.74, 6) is 0.470. The molecule has 98 valence electrons. The van der Waals surface area contributed by atoms with Crippen molar-refractivity contribution < 1.29 is 9.21 Å². The third-order valence-corrected chi connectivity index (χ3v) is 3.52. The Kier molecular flexibility index (Phi) is 4.81. The van der Waals surface area contributed by atoms with E-state index in [1.165, 1.54) is 6.08 Å². The molecule has 1 N–H and O–H groups in total. The van der Waals surface area contributed by atoms with E-state index >= 15 is 0 Å². The van der Waals surface area contributed by atoms with E-state index < -0.39 is 0 Å². The second-order valence-corrected chi connectivity index (χ2v) is 5.90. The Bertz CT molecular complexity index is 634. The lowest BCUT2D eigenvalue weighted by atomic mass is 10.2. The Morgan fingerprint density at radius 2 is 2.16 bits per heavy atom. The second-order valence-electron chi connectivity index (χ2n) is 3.92. The summed E-state index contributed by atoms with van der Waals surface area (Å²) in [5, 5.41) is 2.83. The first kappa shape index (κ1) is 14.3. The quantitative estimate of drug-likeness (QED) is 0.569. The van der Waals surface area contributed by atoms with Gasteiger partial charge in [0.15, 0.2) is 3.77 Å². The van der Waals surface area contributed by atoms with Crippen molar-refractivity contribution in [2.45, 2.75) is 6.92 Å². The predicted octanol–water partition coefficient (Wildman–Crippen LogP) is 4.61. The number of halogens is 2. The van der Waals surface area contributed by atoms with Crippen LogP contribution in [0.1, 0.15) is 11.3 Å². The van der Waals surface area contributed by atoms with Gasteiger partial charge in [-0.1, -0.05) is 22.0 Å². The minimum atomic E-state index is -0.187. The first-order valence-corrected chi connectivity index (χ1v) is 7.42. The molecule has 0 bridgehead atoms. The van der Waals surface area contributed by atoms with Crippen LogP contribution in [0.4, 0.5) is 5.69 Å². The highest BCUT2D eigenvalue weighted by atomic mass is 127. The molecule has 2 rings (SSSR count). The van der Waals surface area contributed by atoms with Gasteiger partial charge in [-0.25, -0.2) is 0 Å². The minimum absolute atomic E-state index is 0.187. The summed E-state index contributed by atoms with van der Waals surface area (Å²) in [6, 6.07) is 9.41. The number of furan rings is 1. The van der Waals surface area contributed by atoms with E-state index in [1.807, 2.05) is 37.3 Å². The van der Waals surface area contributed by atoms with Gasteiger partial charge in [0.05, 0.1) is 0 Å². The molecular formula is C14H11BrINO2. The summed E-state index contributed by atoms with van der Waals surface area (Å²) in [5.41, 5.74) is 1.80. The molecule has 0 aliphatic rings. The Morgan fingerprint density at radius 1 is 1.37 bits per heavy atom. The molecule has 0 aliphatic heterocycles. The first-order chi connectivity index (χ1) is 9.04. The molecule has 0 saturated carbocycles. The zero-order valence-corrected chi connectivity index (χ0v) is 13.9. The smallest absolute Gasteiger partial charge is 0.248 e. The van der Waals surface area contributed by atoms with Crippen LogP contribution in [0, 0.1) is 10.7 Å². The largest absolute Gasteiger partial charge is 0.451 e. The number of anilines is 1. The van der Waals surface area contributed by atoms with Crippen LogP contribution < -0.4 is 5.32 Å². The molecule has 5 heteroatoms. The molecule has 3 nitrogen and oxygen atoms in total. The molecule has 1 amide bonds. The Hall–Kier alpha value is -1.08. The van der Waals surface area contributed by atoms with Crippen molar-refractivity contribution in [1.29, 1.82) is 0 Å². The van der Waals surface area contributed by atoms with Gasteiger partial charge in [-0.2, -0.15) is 0 Å². The van der Waals surface area contributed by atoms with E-state index in [1.54, 1.807) is 6.08 Å². The van der Waals surface area contributed by atoms with Gasteiger partial charge in [0.1, 0.15) is 5.76 Å². The van der Waals surface area contributed by atoms with E-state index in [-0.39, 0.29) is 5.91 Å². The van der Waals surface area contributed by atoms with Gasteiger partial charge in [-0.05, 0) is 65.4 Å². The number of rotatable bonds is 3. The topological polar surface area (TPSA) is 42.2 Å². The highest BCUT2D eigenvalue weighted by Crippen LogP contribution is 2.20. The summed E-state index contributed by atoms with van der Waals surface area (Å²) in [6.07, 6.45) is 3.10. The molecule has 0 spiro atoms. The number of amides is 1. The van der Waals surface area contributed by atoms with E-state index in [0.29, 0.717) is 5.76 Å². The molecule has 1 aromatic carbocycles. The van der Waals surface area contributed by atoms with Crippen molar-refractivity contribution in [2.75, 3.05) is 5.32 Å². The van der Waals surface area contributed by atoms with Crippen LogP contribution in [-0.2, 0) is 4.79 Å². The number of hydrogen-bond acceptors (Lipinski definition) is 2. The van der Waals surface area contributed by atoms with Crippen LogP contribution in [-0.4, -0.2) is 5.91 Å². The van der Waals surface area contributed by atoms with Gasteiger partial charge >= 0.3 is 0 Å². The molecule has 0 atom stereocenters. The maximum Gasteiger partial charge on any atom is 0.248 e. The average molecular weight is 432 g/mol. The van der Waals surface area contributed by atoms with Crippen LogP contribution >= 0.6 is 38.5 Å². The Labute approximate surface area is 133 Å². The maximum atomic E-state index is 11.8. The molecule has 0 unspecified atom stereocenters. The lowest BCUT2D eigenvalue weighted by molar-refractivity contribution is -0.111. The standard InChI is InChI=1S/C14H11BrINO2/c1-9-2-3-10(15)8-12(9)17-14(18)7-5-11-4-6-13(16)19-11/h2-8H,1H3,(H,17,18). The molecule has 19 heavy (non-hydrogen) atoms. The summed E-state index contributed by atoms with van der Waals surface area (Å²) >= 11 is 5.46. The number of aryl methyl sites for hydroxylation is 1. The summed E-state index contributed by atoms with van der Waals surface area (Å²) in [4.78, 5) is 11.8. The van der Waals surface area contributed by atoms with Gasteiger partial charge in [0.2, 0.25) is 5.91 Å². The van der Waals surface area contributed by atoms with Gasteiger partial charge in [0.25, 0.3) is 0 Å². The third-order valence-electron chi connectivity index (χ3n) is 2.45. The average Bonchev–Trinajstić information content (AvgIpc) is 2.77. The molecule has 2 aromatic rings. The van der Waals surface area contributed by atoms with Crippen LogP contribution in [0.2, 0.25) is 0 Å². The van der Waals surface area contributed by atoms with Crippen molar-refractivity contribution >= 4 is 56.2 Å². The predicted molar refractivity (Wildman–Crippen MR) is 88.0 cm³/mol. The highest BCUT2D eigenvalue weighted by Gasteiger charge is 2.03. The highest BCUT2D eigenvalue weighted by molar-refractivity contribution is 14.1. The molecule has 0 radical (unpaired) electrons. The molecule has 0 fully saturated rings. The van der Waals surface area contributed by atoms with Crippen molar-refractivity contribution in [3.63, 3.8) is 0 Å². The zero-order chi connectivity index (χ0) is 13.8. The van der Waals surface area contributed by atoms with Crippen LogP contribution in [0.25, 0.3) is 6.08 Å². The number of benzene rings is 1. The summed E-state index contributed by atoms with van der Waals surface area (Å²) < 4.78 is 7.06. The first-order valence-electron chi connectivity index (χ1n) is 5.55. The second kappa shape index (κ2) is 6.38. The zero-order valence-electron chi connectivity index (χ0n) is 10.1. The Balaban J connectivity index is 2.05. The van der Waals surface area contributed by atoms with Gasteiger partial charge < -0.3 is 9.73 Å². The van der Waals surface area contributed by atoms with Crippen molar-refractivity contribution in [2.24, 2.45) is 0 Å². The SMILES string of the molecule is Cc1ccc(Br)cc1NC(=O)C=Cc1ccc(I)o1. The monoisotopic (exact) mass is 431 g/mol. The number of nitrogens with one attached hydrogen (secondary N) is 1. The lowest BCUT2D eigenvalue weighted by Gasteiger charge is -2.06. The van der Waals surface area contributed by atoms with E-state index in [2.05, 4.69) is 43.8 Å². The van der Waals surface area contributed by atoms with Crippen LogP contribution in [0.3, 0.4) is 0 Å². The van der Waals surface area contributed by atoms with Crippen molar-refractivity contribution in [3.8, 4) is 0 Å². The van der Waals surface area contributed by atoms with Crippen LogP contribution in [0.5, 0.6) is 0 Å². The fourth-order valence-corrected chi connectivity index (χ4v) is 2.27. The molecule has 0 aliphatic carbocycles. The number of carbonyl (C=O) groups excluding carboxylic acids is 1. The molecule has 0 saturated heterocycles. The van der Waals surface area contributed by atoms with Crippen molar-refractivity contribution in [1.82, 2.24) is 0 Å². The van der Waals surface area contributed by atoms with E-state index in [4.69, 9.17) is 4.42 Å². The summed E-state index contributed by atoms with van der Waals surface area (Å²) in [6.45, 7) is 1.95. The maximum absolute atomic E-state index is 11.8. The van der Waals surface area contributed by atoms with Gasteiger partial charge in [-0.15, -0.1) is 0 Å². The Morgan fingerprint density at radius 3 is 2.84 bits per heavy atom. The molecule has 1 heterocycles. The van der Waals surface area contributed by atoms with Gasteiger partial charge in [-0.3, -0.25) is 4.79 Å². The lowest BCUT2D eigenvalue weighted by Crippen LogP contribution is -2.08. The van der Waals surface area contributed by atoms with Crippen LogP contribution in [0.15, 0.2) is 45.3 Å². The fraction of sp³-hybridized carbons (Fsp3) is 0.0714. The number of hydrogen-bond donors (Lipinski definition) is 1.